The highest BCUT2D eigenvalue weighted by Crippen LogP contribution is 2.63. The molecule has 132 valence electrons. The van der Waals surface area contributed by atoms with Crippen molar-refractivity contribution in [3.63, 3.8) is 0 Å². The Hall–Kier alpha value is -1.10. The molecule has 2 saturated carbocycles. The largest absolute Gasteiger partial charge is 0.508 e. The molecule has 0 saturated heterocycles. The highest BCUT2D eigenvalue weighted by atomic mass is 16.5. The van der Waals surface area contributed by atoms with Crippen molar-refractivity contribution in [1.29, 1.82) is 0 Å². The van der Waals surface area contributed by atoms with Gasteiger partial charge in [0.25, 0.3) is 0 Å². The van der Waals surface area contributed by atoms with Crippen molar-refractivity contribution < 1.29 is 14.9 Å². The monoisotopic (exact) mass is 331 g/mol. The zero-order chi connectivity index (χ0) is 17.1. The summed E-state index contributed by atoms with van der Waals surface area (Å²) in [5.41, 5.74) is 9.11. The summed E-state index contributed by atoms with van der Waals surface area (Å²) in [4.78, 5) is 0. The Labute approximate surface area is 144 Å². The van der Waals surface area contributed by atoms with E-state index in [1.165, 1.54) is 11.1 Å². The molecule has 1 unspecified atom stereocenters. The maximum atomic E-state index is 10.6. The average molecular weight is 331 g/mol. The molecule has 4 nitrogen and oxygen atoms in total. The van der Waals surface area contributed by atoms with E-state index < -0.39 is 0 Å². The fraction of sp³-hybridized carbons (Fsp3) is 0.700. The zero-order valence-electron chi connectivity index (χ0n) is 14.7. The summed E-state index contributed by atoms with van der Waals surface area (Å²) in [6.07, 6.45) is 4.45. The van der Waals surface area contributed by atoms with Crippen LogP contribution >= 0.6 is 0 Å². The Balaban J connectivity index is 1.79. The van der Waals surface area contributed by atoms with Crippen LogP contribution in [0.15, 0.2) is 18.2 Å². The number of ether oxygens (including phenoxy) is 1. The van der Waals surface area contributed by atoms with Crippen molar-refractivity contribution in [1.82, 2.24) is 0 Å². The normalized spacial score (nSPS) is 43.8. The fourth-order valence-electron chi connectivity index (χ4n) is 6.11. The molecule has 4 rings (SSSR count). The molecule has 6 atom stereocenters. The molecule has 0 heterocycles. The summed E-state index contributed by atoms with van der Waals surface area (Å²) in [6, 6.07) is 5.79. The minimum atomic E-state index is -0.309. The maximum absolute atomic E-state index is 10.6. The Kier molecular flexibility index (Phi) is 3.72. The van der Waals surface area contributed by atoms with Crippen LogP contribution in [-0.4, -0.2) is 35.6 Å². The van der Waals surface area contributed by atoms with E-state index in [2.05, 4.69) is 13.0 Å². The quantitative estimate of drug-likeness (QED) is 0.779. The highest BCUT2D eigenvalue weighted by Gasteiger charge is 2.63. The number of aliphatic hydroxyl groups is 1. The zero-order valence-corrected chi connectivity index (χ0v) is 14.7. The van der Waals surface area contributed by atoms with Crippen LogP contribution in [0.4, 0.5) is 0 Å². The summed E-state index contributed by atoms with van der Waals surface area (Å²) < 4.78 is 5.48. The first kappa shape index (κ1) is 16.4. The minimum absolute atomic E-state index is 0.180. The molecule has 0 aliphatic heterocycles. The van der Waals surface area contributed by atoms with Gasteiger partial charge in [0.15, 0.2) is 0 Å². The van der Waals surface area contributed by atoms with Crippen molar-refractivity contribution >= 4 is 0 Å². The van der Waals surface area contributed by atoms with Gasteiger partial charge in [0.05, 0.1) is 12.7 Å². The molecular formula is C20H29NO3. The number of benzene rings is 1. The summed E-state index contributed by atoms with van der Waals surface area (Å²) >= 11 is 0. The molecule has 1 aromatic rings. The lowest BCUT2D eigenvalue weighted by atomic mass is 9.50. The summed E-state index contributed by atoms with van der Waals surface area (Å²) in [5.74, 6) is 1.38. The van der Waals surface area contributed by atoms with Crippen molar-refractivity contribution in [2.45, 2.75) is 62.5 Å². The molecular weight excluding hydrogens is 302 g/mol. The van der Waals surface area contributed by atoms with E-state index in [9.17, 15) is 10.2 Å². The number of hydrogen-bond donors (Lipinski definition) is 3. The summed E-state index contributed by atoms with van der Waals surface area (Å²) in [7, 11) is 1.73. The number of phenols is 1. The molecule has 3 aliphatic rings. The van der Waals surface area contributed by atoms with Crippen molar-refractivity contribution in [2.24, 2.45) is 17.1 Å². The Bertz CT molecular complexity index is 648. The summed E-state index contributed by atoms with van der Waals surface area (Å²) in [6.45, 7) is 2.84. The van der Waals surface area contributed by atoms with E-state index in [4.69, 9.17) is 10.5 Å². The topological polar surface area (TPSA) is 75.7 Å². The van der Waals surface area contributed by atoms with Gasteiger partial charge in [0.2, 0.25) is 0 Å². The molecule has 0 amide bonds. The van der Waals surface area contributed by atoms with Crippen LogP contribution in [0.2, 0.25) is 0 Å². The van der Waals surface area contributed by atoms with E-state index in [1.807, 2.05) is 6.07 Å². The van der Waals surface area contributed by atoms with Crippen LogP contribution in [0.25, 0.3) is 0 Å². The standard InChI is InChI=1S/C20H29NO3/c1-19-7-5-15-14-4-3-13(22)10-16(14)12(11-24-2)9-17(15)20(19,21)8-6-18(19)23/h3-4,10,12,15,17-18,22-23H,5-9,11,21H2,1-2H3/t12-,15-,17-,18?,19-,20-/m1/s1. The van der Waals surface area contributed by atoms with E-state index in [1.54, 1.807) is 13.2 Å². The van der Waals surface area contributed by atoms with E-state index in [-0.39, 0.29) is 23.0 Å². The number of methoxy groups -OCH3 is 1. The number of nitrogens with two attached hydrogens (primary N) is 1. The molecule has 0 aromatic heterocycles. The van der Waals surface area contributed by atoms with Gasteiger partial charge in [-0.15, -0.1) is 0 Å². The molecule has 0 bridgehead atoms. The Morgan fingerprint density at radius 2 is 2.04 bits per heavy atom. The fourth-order valence-corrected chi connectivity index (χ4v) is 6.11. The first-order chi connectivity index (χ1) is 11.4. The van der Waals surface area contributed by atoms with Gasteiger partial charge in [-0.1, -0.05) is 13.0 Å². The number of rotatable bonds is 2. The number of phenolic OH excluding ortho intramolecular Hbond substituents is 1. The number of aromatic hydroxyl groups is 1. The molecule has 4 heteroatoms. The molecule has 4 N–H and O–H groups in total. The van der Waals surface area contributed by atoms with Crippen molar-refractivity contribution in [3.8, 4) is 5.75 Å². The van der Waals surface area contributed by atoms with Crippen LogP contribution < -0.4 is 5.73 Å². The van der Waals surface area contributed by atoms with Crippen LogP contribution in [0.5, 0.6) is 5.75 Å². The molecule has 24 heavy (non-hydrogen) atoms. The van der Waals surface area contributed by atoms with Crippen LogP contribution in [0, 0.1) is 11.3 Å². The number of fused-ring (bicyclic) bond motifs is 5. The Morgan fingerprint density at radius 3 is 2.79 bits per heavy atom. The summed E-state index contributed by atoms with van der Waals surface area (Å²) in [5, 5.41) is 20.6. The van der Waals surface area contributed by atoms with E-state index in [0.29, 0.717) is 24.2 Å². The van der Waals surface area contributed by atoms with Crippen LogP contribution in [0.1, 0.15) is 62.0 Å². The lowest BCUT2D eigenvalue weighted by Crippen LogP contribution is -2.63. The third-order valence-electron chi connectivity index (χ3n) is 7.57. The maximum Gasteiger partial charge on any atom is 0.115 e. The molecule has 1 aromatic carbocycles. The SMILES string of the molecule is COC[C@H]1C[C@@H]2[C@H](CC[C@]3(C)C(O)CC[C@@]23N)c2ccc(O)cc21. The predicted molar refractivity (Wildman–Crippen MR) is 93.1 cm³/mol. The minimum Gasteiger partial charge on any atom is -0.508 e. The van der Waals surface area contributed by atoms with Crippen molar-refractivity contribution in [3.05, 3.63) is 29.3 Å². The lowest BCUT2D eigenvalue weighted by Gasteiger charge is -2.57. The average Bonchev–Trinajstić information content (AvgIpc) is 2.80. The van der Waals surface area contributed by atoms with Crippen molar-refractivity contribution in [2.75, 3.05) is 13.7 Å². The number of aliphatic hydroxyl groups excluding tert-OH is 1. The Morgan fingerprint density at radius 1 is 1.25 bits per heavy atom. The molecule has 0 radical (unpaired) electrons. The van der Waals surface area contributed by atoms with Gasteiger partial charge in [-0.25, -0.2) is 0 Å². The van der Waals surface area contributed by atoms with Crippen LogP contribution in [-0.2, 0) is 4.74 Å². The van der Waals surface area contributed by atoms with Gasteiger partial charge >= 0.3 is 0 Å². The second-order valence-corrected chi connectivity index (χ2v) is 8.47. The van der Waals surface area contributed by atoms with Gasteiger partial charge < -0.3 is 20.7 Å². The second-order valence-electron chi connectivity index (χ2n) is 8.47. The van der Waals surface area contributed by atoms with Gasteiger partial charge in [0.1, 0.15) is 5.75 Å². The van der Waals surface area contributed by atoms with Gasteiger partial charge in [-0.3, -0.25) is 0 Å². The van der Waals surface area contributed by atoms with E-state index >= 15 is 0 Å². The molecule has 0 spiro atoms. The first-order valence-electron chi connectivity index (χ1n) is 9.19. The lowest BCUT2D eigenvalue weighted by molar-refractivity contribution is -0.0450. The van der Waals surface area contributed by atoms with E-state index in [0.717, 1.165) is 32.1 Å². The van der Waals surface area contributed by atoms with Gasteiger partial charge in [-0.05, 0) is 67.2 Å². The van der Waals surface area contributed by atoms with Gasteiger partial charge in [-0.2, -0.15) is 0 Å². The molecule has 2 fully saturated rings. The molecule has 3 aliphatic carbocycles. The van der Waals surface area contributed by atoms with Gasteiger partial charge in [0, 0.05) is 24.0 Å². The smallest absolute Gasteiger partial charge is 0.115 e. The second kappa shape index (κ2) is 5.45. The number of hydrogen-bond acceptors (Lipinski definition) is 4. The predicted octanol–water partition coefficient (Wildman–Crippen LogP) is 2.88. The highest BCUT2D eigenvalue weighted by molar-refractivity contribution is 5.43. The third-order valence-corrected chi connectivity index (χ3v) is 7.57. The third kappa shape index (κ3) is 2.03. The first-order valence-corrected chi connectivity index (χ1v) is 9.19. The van der Waals surface area contributed by atoms with Crippen LogP contribution in [0.3, 0.4) is 0 Å².